The number of benzene rings is 1. The van der Waals surface area contributed by atoms with Gasteiger partial charge in [0.15, 0.2) is 0 Å². The minimum Gasteiger partial charge on any atom is -0.493 e. The van der Waals surface area contributed by atoms with Gasteiger partial charge in [0.2, 0.25) is 11.8 Å². The van der Waals surface area contributed by atoms with Crippen molar-refractivity contribution in [2.24, 2.45) is 11.1 Å². The van der Waals surface area contributed by atoms with E-state index in [0.717, 1.165) is 12.8 Å². The van der Waals surface area contributed by atoms with E-state index >= 15 is 0 Å². The molecule has 1 aliphatic heterocycles. The van der Waals surface area contributed by atoms with Gasteiger partial charge in [-0.2, -0.15) is 0 Å². The van der Waals surface area contributed by atoms with E-state index in [4.69, 9.17) is 26.8 Å². The highest BCUT2D eigenvalue weighted by atomic mass is 35.5. The summed E-state index contributed by atoms with van der Waals surface area (Å²) in [6.45, 7) is 3.78. The second-order valence-electron chi connectivity index (χ2n) is 6.45. The Bertz CT molecular complexity index is 610. The van der Waals surface area contributed by atoms with Gasteiger partial charge >= 0.3 is 0 Å². The van der Waals surface area contributed by atoms with Crippen molar-refractivity contribution in [1.29, 1.82) is 0 Å². The molecule has 2 N–H and O–H groups in total. The van der Waals surface area contributed by atoms with Crippen LogP contribution < -0.4 is 10.5 Å². The topological polar surface area (TPSA) is 81.9 Å². The fourth-order valence-corrected chi connectivity index (χ4v) is 3.36. The van der Waals surface area contributed by atoms with Crippen molar-refractivity contribution >= 4 is 23.4 Å². The van der Waals surface area contributed by atoms with Gasteiger partial charge in [0.1, 0.15) is 12.4 Å². The van der Waals surface area contributed by atoms with Crippen LogP contribution in [0.2, 0.25) is 5.02 Å². The lowest BCUT2D eigenvalue weighted by atomic mass is 9.77. The second kappa shape index (κ2) is 9.06. The summed E-state index contributed by atoms with van der Waals surface area (Å²) in [5.41, 5.74) is 4.97. The van der Waals surface area contributed by atoms with Crippen LogP contribution in [-0.2, 0) is 14.3 Å². The monoisotopic (exact) mass is 368 g/mol. The molecular weight excluding hydrogens is 344 g/mol. The molecule has 0 radical (unpaired) electrons. The number of carbonyl (C=O) groups excluding carboxylic acids is 2. The second-order valence-corrected chi connectivity index (χ2v) is 6.88. The van der Waals surface area contributed by atoms with Gasteiger partial charge < -0.3 is 20.1 Å². The minimum atomic E-state index is -0.492. The number of halogens is 1. The third-order valence-corrected chi connectivity index (χ3v) is 4.57. The Morgan fingerprint density at radius 1 is 1.40 bits per heavy atom. The molecule has 1 atom stereocenters. The molecule has 0 bridgehead atoms. The number of hydrogen-bond donors (Lipinski definition) is 1. The summed E-state index contributed by atoms with van der Waals surface area (Å²) < 4.78 is 11.1. The number of nitrogens with zero attached hydrogens (tertiary/aromatic N) is 1. The molecule has 6 nitrogen and oxygen atoms in total. The molecule has 1 aromatic carbocycles. The molecule has 138 valence electrons. The summed E-state index contributed by atoms with van der Waals surface area (Å²) in [7, 11) is 0. The summed E-state index contributed by atoms with van der Waals surface area (Å²) >= 11 is 5.98. The van der Waals surface area contributed by atoms with Crippen LogP contribution in [0.1, 0.15) is 26.2 Å². The predicted molar refractivity (Wildman–Crippen MR) is 95.5 cm³/mol. The van der Waals surface area contributed by atoms with E-state index in [2.05, 4.69) is 0 Å². The third kappa shape index (κ3) is 5.90. The first-order valence-corrected chi connectivity index (χ1v) is 8.84. The molecule has 0 aliphatic carbocycles. The highest BCUT2D eigenvalue weighted by molar-refractivity contribution is 6.30. The fraction of sp³-hybridized carbons (Fsp3) is 0.556. The Morgan fingerprint density at radius 3 is 2.88 bits per heavy atom. The molecule has 1 aliphatic rings. The molecule has 25 heavy (non-hydrogen) atoms. The summed E-state index contributed by atoms with van der Waals surface area (Å²) in [5, 5.41) is 0.582. The maximum atomic E-state index is 12.3. The zero-order valence-electron chi connectivity index (χ0n) is 14.5. The van der Waals surface area contributed by atoms with Crippen molar-refractivity contribution in [3.63, 3.8) is 0 Å². The van der Waals surface area contributed by atoms with E-state index in [1.54, 1.807) is 23.1 Å². The maximum absolute atomic E-state index is 12.3. The first kappa shape index (κ1) is 19.5. The van der Waals surface area contributed by atoms with Crippen molar-refractivity contribution in [3.05, 3.63) is 29.3 Å². The lowest BCUT2D eigenvalue weighted by Crippen LogP contribution is -2.51. The van der Waals surface area contributed by atoms with Gasteiger partial charge in [0.25, 0.3) is 0 Å². The lowest BCUT2D eigenvalue weighted by molar-refractivity contribution is -0.141. The molecule has 1 heterocycles. The standard InChI is InChI=1S/C18H25ClN2O4/c1-2-24-11-17(23)21-8-4-7-18(12-21,10-16(20)22)13-25-15-6-3-5-14(19)9-15/h3,5-6,9H,2,4,7-8,10-13H2,1H3,(H2,20,22)/t18-/m1/s1. The van der Waals surface area contributed by atoms with Crippen molar-refractivity contribution in [3.8, 4) is 5.75 Å². The number of carbonyl (C=O) groups is 2. The number of likely N-dealkylation sites (tertiary alicyclic amines) is 1. The fourth-order valence-electron chi connectivity index (χ4n) is 3.18. The third-order valence-electron chi connectivity index (χ3n) is 4.33. The lowest BCUT2D eigenvalue weighted by Gasteiger charge is -2.42. The Labute approximate surface area is 153 Å². The van der Waals surface area contributed by atoms with Crippen LogP contribution in [0, 0.1) is 5.41 Å². The van der Waals surface area contributed by atoms with Crippen molar-refractivity contribution in [2.45, 2.75) is 26.2 Å². The summed E-state index contributed by atoms with van der Waals surface area (Å²) in [5.74, 6) is 0.168. The van der Waals surface area contributed by atoms with Crippen LogP contribution in [0.25, 0.3) is 0 Å². The van der Waals surface area contributed by atoms with Crippen LogP contribution in [0.5, 0.6) is 5.75 Å². The molecule has 1 fully saturated rings. The SMILES string of the molecule is CCOCC(=O)N1CCC[C@@](COc2cccc(Cl)c2)(CC(N)=O)C1. The molecule has 0 aromatic heterocycles. The number of rotatable bonds is 8. The molecular formula is C18H25ClN2O4. The van der Waals surface area contributed by atoms with Crippen LogP contribution >= 0.6 is 11.6 Å². The normalized spacial score (nSPS) is 20.3. The van der Waals surface area contributed by atoms with Gasteiger partial charge in [-0.1, -0.05) is 17.7 Å². The molecule has 0 unspecified atom stereocenters. The molecule has 2 rings (SSSR count). The van der Waals surface area contributed by atoms with Gasteiger partial charge in [-0.3, -0.25) is 9.59 Å². The van der Waals surface area contributed by atoms with Crippen LogP contribution in [0.3, 0.4) is 0 Å². The molecule has 1 aromatic rings. The number of ether oxygens (including phenoxy) is 2. The first-order valence-electron chi connectivity index (χ1n) is 8.46. The first-order chi connectivity index (χ1) is 11.9. The average molecular weight is 369 g/mol. The van der Waals surface area contributed by atoms with E-state index in [1.165, 1.54) is 0 Å². The van der Waals surface area contributed by atoms with Gasteiger partial charge in [-0.05, 0) is 38.0 Å². The Balaban J connectivity index is 2.07. The van der Waals surface area contributed by atoms with E-state index < -0.39 is 11.3 Å². The molecule has 7 heteroatoms. The number of piperidine rings is 1. The van der Waals surface area contributed by atoms with Crippen molar-refractivity contribution in [2.75, 3.05) is 32.9 Å². The van der Waals surface area contributed by atoms with Crippen molar-refractivity contribution < 1.29 is 19.1 Å². The largest absolute Gasteiger partial charge is 0.493 e. The van der Waals surface area contributed by atoms with Gasteiger partial charge in [-0.25, -0.2) is 0 Å². The van der Waals surface area contributed by atoms with E-state index in [9.17, 15) is 9.59 Å². The van der Waals surface area contributed by atoms with E-state index in [-0.39, 0.29) is 18.9 Å². The van der Waals surface area contributed by atoms with Gasteiger partial charge in [-0.15, -0.1) is 0 Å². The molecule has 2 amide bonds. The maximum Gasteiger partial charge on any atom is 0.248 e. The Hall–Kier alpha value is -1.79. The van der Waals surface area contributed by atoms with E-state index in [1.807, 2.05) is 13.0 Å². The zero-order chi connectivity index (χ0) is 18.3. The van der Waals surface area contributed by atoms with Crippen LogP contribution in [-0.4, -0.2) is 49.6 Å². The number of primary amides is 1. The Kier molecular flexibility index (Phi) is 7.08. The summed E-state index contributed by atoms with van der Waals surface area (Å²) in [4.78, 5) is 25.6. The van der Waals surface area contributed by atoms with Gasteiger partial charge in [0.05, 0.1) is 6.61 Å². The molecule has 0 saturated carbocycles. The highest BCUT2D eigenvalue weighted by Crippen LogP contribution is 2.34. The number of amides is 2. The van der Waals surface area contributed by atoms with Gasteiger partial charge in [0, 0.05) is 36.6 Å². The number of hydrogen-bond acceptors (Lipinski definition) is 4. The number of nitrogens with two attached hydrogens (primary N) is 1. The smallest absolute Gasteiger partial charge is 0.248 e. The van der Waals surface area contributed by atoms with Crippen LogP contribution in [0.4, 0.5) is 0 Å². The quantitative estimate of drug-likeness (QED) is 0.762. The predicted octanol–water partition coefficient (Wildman–Crippen LogP) is 2.24. The summed E-state index contributed by atoms with van der Waals surface area (Å²) in [6.07, 6.45) is 1.74. The van der Waals surface area contributed by atoms with E-state index in [0.29, 0.717) is 37.1 Å². The van der Waals surface area contributed by atoms with Crippen molar-refractivity contribution in [1.82, 2.24) is 4.90 Å². The molecule has 0 spiro atoms. The molecule has 1 saturated heterocycles. The summed E-state index contributed by atoms with van der Waals surface area (Å²) in [6, 6.07) is 7.10. The highest BCUT2D eigenvalue weighted by Gasteiger charge is 2.39. The zero-order valence-corrected chi connectivity index (χ0v) is 15.3. The Morgan fingerprint density at radius 2 is 2.20 bits per heavy atom. The van der Waals surface area contributed by atoms with Crippen LogP contribution in [0.15, 0.2) is 24.3 Å². The average Bonchev–Trinajstić information content (AvgIpc) is 2.57. The minimum absolute atomic E-state index is 0.0539.